The highest BCUT2D eigenvalue weighted by Crippen LogP contribution is 2.32. The fourth-order valence-corrected chi connectivity index (χ4v) is 2.73. The second-order valence-electron chi connectivity index (χ2n) is 6.03. The van der Waals surface area contributed by atoms with Crippen molar-refractivity contribution in [2.24, 2.45) is 5.92 Å². The predicted octanol–water partition coefficient (Wildman–Crippen LogP) is 3.24. The normalized spacial score (nSPS) is 13.9. The second-order valence-corrected chi connectivity index (χ2v) is 6.03. The summed E-state index contributed by atoms with van der Waals surface area (Å²) in [5.41, 5.74) is 2.71. The van der Waals surface area contributed by atoms with Crippen LogP contribution in [0.25, 0.3) is 16.9 Å². The van der Waals surface area contributed by atoms with E-state index in [0.717, 1.165) is 35.2 Å². The van der Waals surface area contributed by atoms with Gasteiger partial charge in [-0.3, -0.25) is 0 Å². The molecule has 124 valence electrons. The number of fused-ring (bicyclic) bond motifs is 1. The van der Waals surface area contributed by atoms with E-state index >= 15 is 0 Å². The van der Waals surface area contributed by atoms with E-state index in [4.69, 9.17) is 9.47 Å². The lowest BCUT2D eigenvalue weighted by atomic mass is 10.1. The summed E-state index contributed by atoms with van der Waals surface area (Å²) in [6.45, 7) is 0.985. The summed E-state index contributed by atoms with van der Waals surface area (Å²) >= 11 is 0. The van der Waals surface area contributed by atoms with Crippen LogP contribution in [0.1, 0.15) is 12.8 Å². The molecule has 0 radical (unpaired) electrons. The largest absolute Gasteiger partial charge is 0.493 e. The third-order valence-corrected chi connectivity index (χ3v) is 4.31. The van der Waals surface area contributed by atoms with Crippen molar-refractivity contribution in [1.29, 1.82) is 0 Å². The van der Waals surface area contributed by atoms with Crippen molar-refractivity contribution in [2.45, 2.75) is 12.8 Å². The predicted molar refractivity (Wildman–Crippen MR) is 92.7 cm³/mol. The Balaban J connectivity index is 1.71. The number of rotatable bonds is 6. The molecule has 6 nitrogen and oxygen atoms in total. The van der Waals surface area contributed by atoms with Crippen LogP contribution in [-0.2, 0) is 0 Å². The lowest BCUT2D eigenvalue weighted by Gasteiger charge is -2.10. The van der Waals surface area contributed by atoms with Gasteiger partial charge in [-0.05, 0) is 49.1 Å². The van der Waals surface area contributed by atoms with E-state index in [1.807, 2.05) is 41.0 Å². The minimum Gasteiger partial charge on any atom is -0.493 e. The highest BCUT2D eigenvalue weighted by Gasteiger charge is 2.21. The summed E-state index contributed by atoms with van der Waals surface area (Å²) < 4.78 is 12.6. The highest BCUT2D eigenvalue weighted by atomic mass is 16.5. The first kappa shape index (κ1) is 14.8. The number of benzene rings is 1. The van der Waals surface area contributed by atoms with Crippen molar-refractivity contribution in [3.63, 3.8) is 0 Å². The molecule has 1 N–H and O–H groups in total. The van der Waals surface area contributed by atoms with Crippen molar-refractivity contribution in [3.05, 3.63) is 36.5 Å². The second kappa shape index (κ2) is 6.03. The van der Waals surface area contributed by atoms with Crippen molar-refractivity contribution in [2.75, 3.05) is 26.1 Å². The fraction of sp³-hybridized carbons (Fsp3) is 0.333. The van der Waals surface area contributed by atoms with Crippen LogP contribution >= 0.6 is 0 Å². The summed E-state index contributed by atoms with van der Waals surface area (Å²) in [6.07, 6.45) is 4.46. The monoisotopic (exact) mass is 324 g/mol. The van der Waals surface area contributed by atoms with Crippen LogP contribution in [0.15, 0.2) is 36.5 Å². The van der Waals surface area contributed by atoms with E-state index in [1.165, 1.54) is 12.8 Å². The standard InChI is InChI=1S/C18H20N4O2/c1-23-15-6-5-13(9-16(15)24-2)14-11-20-18-8-7-17(21-22(14)18)19-10-12-3-4-12/h5-9,11-12H,3-4,10H2,1-2H3,(H,19,21). The molecular formula is C18H20N4O2. The fourth-order valence-electron chi connectivity index (χ4n) is 2.73. The summed E-state index contributed by atoms with van der Waals surface area (Å²) in [5, 5.41) is 8.08. The van der Waals surface area contributed by atoms with Gasteiger partial charge < -0.3 is 14.8 Å². The average molecular weight is 324 g/mol. The molecule has 1 fully saturated rings. The van der Waals surface area contributed by atoms with Crippen LogP contribution in [0.5, 0.6) is 11.5 Å². The van der Waals surface area contributed by atoms with Gasteiger partial charge in [-0.1, -0.05) is 0 Å². The van der Waals surface area contributed by atoms with Gasteiger partial charge in [0.05, 0.1) is 26.1 Å². The molecule has 0 amide bonds. The zero-order chi connectivity index (χ0) is 16.5. The molecule has 0 bridgehead atoms. The van der Waals surface area contributed by atoms with Crippen LogP contribution in [0.2, 0.25) is 0 Å². The van der Waals surface area contributed by atoms with Crippen LogP contribution < -0.4 is 14.8 Å². The molecule has 0 atom stereocenters. The van der Waals surface area contributed by atoms with Crippen molar-refractivity contribution >= 4 is 11.5 Å². The van der Waals surface area contributed by atoms with E-state index in [1.54, 1.807) is 14.2 Å². The van der Waals surface area contributed by atoms with Crippen LogP contribution in [0.4, 0.5) is 5.82 Å². The Morgan fingerprint density at radius 1 is 1.12 bits per heavy atom. The number of aromatic nitrogens is 3. The van der Waals surface area contributed by atoms with Gasteiger partial charge in [-0.15, -0.1) is 5.10 Å². The molecule has 6 heteroatoms. The number of methoxy groups -OCH3 is 2. The summed E-state index contributed by atoms with van der Waals surface area (Å²) in [4.78, 5) is 4.44. The van der Waals surface area contributed by atoms with E-state index in [0.29, 0.717) is 11.5 Å². The van der Waals surface area contributed by atoms with Crippen LogP contribution in [-0.4, -0.2) is 35.4 Å². The number of ether oxygens (including phenoxy) is 2. The van der Waals surface area contributed by atoms with E-state index in [2.05, 4.69) is 15.4 Å². The van der Waals surface area contributed by atoms with E-state index in [9.17, 15) is 0 Å². The zero-order valence-electron chi connectivity index (χ0n) is 13.8. The van der Waals surface area contributed by atoms with Gasteiger partial charge in [0.2, 0.25) is 0 Å². The van der Waals surface area contributed by atoms with Gasteiger partial charge in [0, 0.05) is 12.1 Å². The molecule has 3 aromatic rings. The molecule has 0 aliphatic heterocycles. The van der Waals surface area contributed by atoms with Gasteiger partial charge in [-0.2, -0.15) is 0 Å². The quantitative estimate of drug-likeness (QED) is 0.754. The first-order chi connectivity index (χ1) is 11.8. The van der Waals surface area contributed by atoms with Crippen molar-refractivity contribution in [3.8, 4) is 22.8 Å². The minimum atomic E-state index is 0.688. The smallest absolute Gasteiger partial charge is 0.161 e. The van der Waals surface area contributed by atoms with Gasteiger partial charge in [0.25, 0.3) is 0 Å². The van der Waals surface area contributed by atoms with Crippen LogP contribution in [0, 0.1) is 5.92 Å². The van der Waals surface area contributed by atoms with Gasteiger partial charge in [0.1, 0.15) is 5.82 Å². The maximum atomic E-state index is 5.40. The first-order valence-electron chi connectivity index (χ1n) is 8.09. The summed E-state index contributed by atoms with van der Waals surface area (Å²) in [5.74, 6) is 3.06. The van der Waals surface area contributed by atoms with E-state index < -0.39 is 0 Å². The Kier molecular flexibility index (Phi) is 3.72. The maximum absolute atomic E-state index is 5.40. The molecule has 1 saturated carbocycles. The molecular weight excluding hydrogens is 304 g/mol. The minimum absolute atomic E-state index is 0.688. The molecule has 0 spiro atoms. The Morgan fingerprint density at radius 3 is 2.71 bits per heavy atom. The lowest BCUT2D eigenvalue weighted by Crippen LogP contribution is -2.07. The Bertz CT molecular complexity index is 871. The molecule has 2 aromatic heterocycles. The number of imidazole rings is 1. The van der Waals surface area contributed by atoms with Gasteiger partial charge in [-0.25, -0.2) is 9.50 Å². The van der Waals surface area contributed by atoms with E-state index in [-0.39, 0.29) is 0 Å². The van der Waals surface area contributed by atoms with Crippen molar-refractivity contribution in [1.82, 2.24) is 14.6 Å². The number of hydrogen-bond acceptors (Lipinski definition) is 5. The van der Waals surface area contributed by atoms with Gasteiger partial charge in [0.15, 0.2) is 17.1 Å². The number of hydrogen-bond donors (Lipinski definition) is 1. The SMILES string of the molecule is COc1ccc(-c2cnc3ccc(NCC4CC4)nn23)cc1OC. The lowest BCUT2D eigenvalue weighted by molar-refractivity contribution is 0.355. The molecule has 1 aliphatic rings. The topological polar surface area (TPSA) is 60.7 Å². The molecule has 0 saturated heterocycles. The Labute approximate surface area is 140 Å². The number of anilines is 1. The Morgan fingerprint density at radius 2 is 1.96 bits per heavy atom. The molecule has 4 rings (SSSR count). The maximum Gasteiger partial charge on any atom is 0.161 e. The van der Waals surface area contributed by atoms with Crippen molar-refractivity contribution < 1.29 is 9.47 Å². The number of nitrogens with one attached hydrogen (secondary N) is 1. The third-order valence-electron chi connectivity index (χ3n) is 4.31. The molecule has 24 heavy (non-hydrogen) atoms. The average Bonchev–Trinajstić information content (AvgIpc) is 3.37. The molecule has 1 aliphatic carbocycles. The summed E-state index contributed by atoms with van der Waals surface area (Å²) in [7, 11) is 3.26. The summed E-state index contributed by atoms with van der Waals surface area (Å²) in [6, 6.07) is 9.77. The highest BCUT2D eigenvalue weighted by molar-refractivity contribution is 5.67. The molecule has 2 heterocycles. The first-order valence-corrected chi connectivity index (χ1v) is 8.09. The third kappa shape index (κ3) is 2.75. The Hall–Kier alpha value is -2.76. The molecule has 0 unspecified atom stereocenters. The zero-order valence-corrected chi connectivity index (χ0v) is 13.8. The number of nitrogens with zero attached hydrogens (tertiary/aromatic N) is 3. The molecule has 1 aromatic carbocycles. The van der Waals surface area contributed by atoms with Gasteiger partial charge >= 0.3 is 0 Å². The van der Waals surface area contributed by atoms with Crippen LogP contribution in [0.3, 0.4) is 0 Å².